The van der Waals surface area contributed by atoms with Crippen LogP contribution in [-0.2, 0) is 0 Å². The summed E-state index contributed by atoms with van der Waals surface area (Å²) in [7, 11) is 0. The van der Waals surface area contributed by atoms with E-state index in [4.69, 9.17) is 0 Å². The van der Waals surface area contributed by atoms with E-state index in [1.54, 1.807) is 0 Å². The smallest absolute Gasteiger partial charge is 0.0205 e. The van der Waals surface area contributed by atoms with E-state index >= 15 is 0 Å². The molecule has 0 bridgehead atoms. The lowest BCUT2D eigenvalue weighted by Crippen LogP contribution is -2.45. The second-order valence-electron chi connectivity index (χ2n) is 6.07. The van der Waals surface area contributed by atoms with Gasteiger partial charge in [-0.2, -0.15) is 0 Å². The van der Waals surface area contributed by atoms with Crippen LogP contribution in [0.4, 0.5) is 0 Å². The molecule has 2 fully saturated rings. The van der Waals surface area contributed by atoms with Crippen molar-refractivity contribution in [3.8, 4) is 0 Å². The van der Waals surface area contributed by atoms with Crippen molar-refractivity contribution in [2.24, 2.45) is 11.8 Å². The molecule has 2 aliphatic heterocycles. The molecule has 16 heavy (non-hydrogen) atoms. The molecule has 2 nitrogen and oxygen atoms in total. The van der Waals surface area contributed by atoms with Crippen molar-refractivity contribution in [2.45, 2.75) is 57.9 Å². The molecule has 2 aliphatic rings. The molecule has 2 saturated heterocycles. The van der Waals surface area contributed by atoms with Gasteiger partial charge in [0.2, 0.25) is 0 Å². The number of hydrogen-bond acceptors (Lipinski definition) is 2. The zero-order valence-corrected chi connectivity index (χ0v) is 11.0. The molecule has 0 amide bonds. The molecule has 94 valence electrons. The summed E-state index contributed by atoms with van der Waals surface area (Å²) in [6, 6.07) is 0. The van der Waals surface area contributed by atoms with Crippen molar-refractivity contribution in [2.75, 3.05) is 19.6 Å². The van der Waals surface area contributed by atoms with Crippen molar-refractivity contribution in [1.29, 1.82) is 0 Å². The Hall–Kier alpha value is -0.0800. The first kappa shape index (κ1) is 12.4. The van der Waals surface area contributed by atoms with Gasteiger partial charge in [0, 0.05) is 5.54 Å². The molecule has 0 aromatic heterocycles. The maximum atomic E-state index is 3.79. The van der Waals surface area contributed by atoms with Crippen LogP contribution < -0.4 is 10.6 Å². The Morgan fingerprint density at radius 3 is 2.50 bits per heavy atom. The quantitative estimate of drug-likeness (QED) is 0.767. The lowest BCUT2D eigenvalue weighted by Gasteiger charge is -2.36. The second kappa shape index (κ2) is 5.50. The molecule has 1 atom stereocenters. The SMILES string of the molecule is CC(C)C1(CCC2CCNCC2)CCCN1. The summed E-state index contributed by atoms with van der Waals surface area (Å²) < 4.78 is 0. The highest BCUT2D eigenvalue weighted by atomic mass is 15.0. The van der Waals surface area contributed by atoms with Crippen LogP contribution in [0, 0.1) is 11.8 Å². The summed E-state index contributed by atoms with van der Waals surface area (Å²) in [5.41, 5.74) is 0.477. The highest BCUT2D eigenvalue weighted by Crippen LogP contribution is 2.34. The van der Waals surface area contributed by atoms with Crippen LogP contribution in [0.2, 0.25) is 0 Å². The van der Waals surface area contributed by atoms with Gasteiger partial charge in [0.05, 0.1) is 0 Å². The molecule has 1 unspecified atom stereocenters. The Labute approximate surface area is 101 Å². The van der Waals surface area contributed by atoms with Gasteiger partial charge in [-0.3, -0.25) is 0 Å². The molecule has 0 saturated carbocycles. The lowest BCUT2D eigenvalue weighted by atomic mass is 9.78. The highest BCUT2D eigenvalue weighted by Gasteiger charge is 2.36. The van der Waals surface area contributed by atoms with E-state index in [-0.39, 0.29) is 0 Å². The Kier molecular flexibility index (Phi) is 4.26. The van der Waals surface area contributed by atoms with Gasteiger partial charge in [-0.1, -0.05) is 13.8 Å². The molecule has 0 aliphatic carbocycles. The standard InChI is InChI=1S/C14H28N2/c1-12(2)14(7-3-9-16-14)8-4-13-5-10-15-11-6-13/h12-13,15-16H,3-11H2,1-2H3. The van der Waals surface area contributed by atoms with Gasteiger partial charge in [0.25, 0.3) is 0 Å². The molecule has 2 heteroatoms. The van der Waals surface area contributed by atoms with Crippen molar-refractivity contribution < 1.29 is 0 Å². The minimum absolute atomic E-state index is 0.477. The molecule has 0 aromatic carbocycles. The third-order valence-corrected chi connectivity index (χ3v) is 4.84. The van der Waals surface area contributed by atoms with Crippen LogP contribution in [0.5, 0.6) is 0 Å². The fourth-order valence-electron chi connectivity index (χ4n) is 3.46. The van der Waals surface area contributed by atoms with E-state index < -0.39 is 0 Å². The summed E-state index contributed by atoms with van der Waals surface area (Å²) in [4.78, 5) is 0. The third-order valence-electron chi connectivity index (χ3n) is 4.84. The lowest BCUT2D eigenvalue weighted by molar-refractivity contribution is 0.218. The number of hydrogen-bond donors (Lipinski definition) is 2. The van der Waals surface area contributed by atoms with Gasteiger partial charge >= 0.3 is 0 Å². The first-order valence-corrected chi connectivity index (χ1v) is 7.19. The Morgan fingerprint density at radius 1 is 1.19 bits per heavy atom. The van der Waals surface area contributed by atoms with Gasteiger partial charge in [-0.15, -0.1) is 0 Å². The van der Waals surface area contributed by atoms with E-state index in [2.05, 4.69) is 24.5 Å². The van der Waals surface area contributed by atoms with E-state index in [9.17, 15) is 0 Å². The number of rotatable bonds is 4. The fourth-order valence-corrected chi connectivity index (χ4v) is 3.46. The molecule has 0 radical (unpaired) electrons. The molecular weight excluding hydrogens is 196 g/mol. The minimum Gasteiger partial charge on any atom is -0.317 e. The zero-order chi connectivity index (χ0) is 11.4. The van der Waals surface area contributed by atoms with Crippen molar-refractivity contribution in [1.82, 2.24) is 10.6 Å². The van der Waals surface area contributed by atoms with Crippen LogP contribution in [0.25, 0.3) is 0 Å². The van der Waals surface area contributed by atoms with Gasteiger partial charge in [-0.25, -0.2) is 0 Å². The van der Waals surface area contributed by atoms with Gasteiger partial charge in [0.1, 0.15) is 0 Å². The third kappa shape index (κ3) is 2.78. The van der Waals surface area contributed by atoms with Crippen LogP contribution in [0.3, 0.4) is 0 Å². The van der Waals surface area contributed by atoms with Crippen molar-refractivity contribution in [3.63, 3.8) is 0 Å². The first-order valence-electron chi connectivity index (χ1n) is 7.19. The summed E-state index contributed by atoms with van der Waals surface area (Å²) in [6.07, 6.45) is 8.41. The Bertz CT molecular complexity index is 201. The summed E-state index contributed by atoms with van der Waals surface area (Å²) in [5, 5.41) is 7.25. The molecule has 2 rings (SSSR count). The molecular formula is C14H28N2. The van der Waals surface area contributed by atoms with Crippen LogP contribution in [0.15, 0.2) is 0 Å². The van der Waals surface area contributed by atoms with Gasteiger partial charge < -0.3 is 10.6 Å². The van der Waals surface area contributed by atoms with Crippen LogP contribution >= 0.6 is 0 Å². The Balaban J connectivity index is 1.81. The maximum Gasteiger partial charge on any atom is 0.0205 e. The van der Waals surface area contributed by atoms with E-state index in [0.717, 1.165) is 11.8 Å². The average molecular weight is 224 g/mol. The predicted molar refractivity (Wildman–Crippen MR) is 69.6 cm³/mol. The van der Waals surface area contributed by atoms with Crippen molar-refractivity contribution in [3.05, 3.63) is 0 Å². The average Bonchev–Trinajstić information content (AvgIpc) is 2.78. The number of nitrogens with one attached hydrogen (secondary N) is 2. The van der Waals surface area contributed by atoms with Gasteiger partial charge in [0.15, 0.2) is 0 Å². The monoisotopic (exact) mass is 224 g/mol. The van der Waals surface area contributed by atoms with E-state index in [1.165, 1.54) is 58.2 Å². The molecule has 2 heterocycles. The second-order valence-corrected chi connectivity index (χ2v) is 6.07. The topological polar surface area (TPSA) is 24.1 Å². The first-order chi connectivity index (χ1) is 7.73. The molecule has 2 N–H and O–H groups in total. The Morgan fingerprint density at radius 2 is 1.94 bits per heavy atom. The van der Waals surface area contributed by atoms with Crippen LogP contribution in [-0.4, -0.2) is 25.2 Å². The van der Waals surface area contributed by atoms with E-state index in [1.807, 2.05) is 0 Å². The summed E-state index contributed by atoms with van der Waals surface area (Å²) in [6.45, 7) is 8.51. The fraction of sp³-hybridized carbons (Fsp3) is 1.00. The predicted octanol–water partition coefficient (Wildman–Crippen LogP) is 2.54. The van der Waals surface area contributed by atoms with E-state index in [0.29, 0.717) is 5.54 Å². The van der Waals surface area contributed by atoms with Gasteiger partial charge in [-0.05, 0) is 70.0 Å². The zero-order valence-electron chi connectivity index (χ0n) is 11.0. The largest absolute Gasteiger partial charge is 0.317 e. The molecule has 0 aromatic rings. The van der Waals surface area contributed by atoms with Crippen molar-refractivity contribution >= 4 is 0 Å². The number of piperidine rings is 1. The van der Waals surface area contributed by atoms with Crippen LogP contribution in [0.1, 0.15) is 52.4 Å². The highest BCUT2D eigenvalue weighted by molar-refractivity contribution is 4.95. The normalized spacial score (nSPS) is 32.4. The minimum atomic E-state index is 0.477. The maximum absolute atomic E-state index is 3.79. The summed E-state index contributed by atoms with van der Waals surface area (Å²) in [5.74, 6) is 1.77. The molecule has 0 spiro atoms. The summed E-state index contributed by atoms with van der Waals surface area (Å²) >= 11 is 0.